The van der Waals surface area contributed by atoms with Crippen molar-refractivity contribution in [3.05, 3.63) is 36.4 Å². The number of ether oxygens (including phenoxy) is 2. The Bertz CT molecular complexity index is 1000. The summed E-state index contributed by atoms with van der Waals surface area (Å²) >= 11 is 0. The number of carbonyl (C=O) groups excluding carboxylic acids is 2. The highest BCUT2D eigenvalue weighted by Crippen LogP contribution is 2.30. The summed E-state index contributed by atoms with van der Waals surface area (Å²) in [6, 6.07) is 9.73. The van der Waals surface area contributed by atoms with Crippen molar-refractivity contribution in [2.45, 2.75) is 25.3 Å². The summed E-state index contributed by atoms with van der Waals surface area (Å²) in [5, 5.41) is 20.2. The second kappa shape index (κ2) is 11.7. The Morgan fingerprint density at radius 3 is 2.76 bits per heavy atom. The van der Waals surface area contributed by atoms with E-state index in [0.717, 1.165) is 12.8 Å². The molecule has 6 N–H and O–H groups in total. The Balaban J connectivity index is 1.60. The maximum Gasteiger partial charge on any atom is 0.412 e. The molecule has 0 spiro atoms. The molecule has 1 saturated heterocycles. The summed E-state index contributed by atoms with van der Waals surface area (Å²) in [6.07, 6.45) is 1.20. The number of nitrogen functional groups attached to an aromatic ring is 1. The molecule has 0 saturated carbocycles. The van der Waals surface area contributed by atoms with Crippen LogP contribution in [-0.2, 0) is 9.53 Å². The molecule has 1 aliphatic rings. The number of hydrogen-bond donors (Lipinski definition) is 4. The lowest BCUT2D eigenvalue weighted by Crippen LogP contribution is -2.38. The van der Waals surface area contributed by atoms with Gasteiger partial charge in [-0.15, -0.1) is 10.2 Å². The van der Waals surface area contributed by atoms with Gasteiger partial charge in [-0.05, 0) is 37.1 Å². The first-order valence-corrected chi connectivity index (χ1v) is 10.5. The third-order valence-electron chi connectivity index (χ3n) is 4.89. The van der Waals surface area contributed by atoms with Gasteiger partial charge < -0.3 is 36.3 Å². The monoisotopic (exact) mass is 457 g/mol. The van der Waals surface area contributed by atoms with Gasteiger partial charge in [-0.1, -0.05) is 12.1 Å². The van der Waals surface area contributed by atoms with E-state index in [-0.39, 0.29) is 50.0 Å². The van der Waals surface area contributed by atoms with Crippen LogP contribution in [0.4, 0.5) is 27.8 Å². The molecular weight excluding hydrogens is 430 g/mol. The summed E-state index contributed by atoms with van der Waals surface area (Å²) in [5.41, 5.74) is 12.0. The van der Waals surface area contributed by atoms with Crippen LogP contribution in [0.5, 0.6) is 5.75 Å². The molecule has 1 atom stereocenters. The molecular formula is C21H27N7O5. The number of rotatable bonds is 9. The van der Waals surface area contributed by atoms with Crippen molar-refractivity contribution in [1.82, 2.24) is 9.88 Å². The zero-order valence-corrected chi connectivity index (χ0v) is 18.0. The van der Waals surface area contributed by atoms with Gasteiger partial charge in [0.25, 0.3) is 0 Å². The molecule has 2 amide bonds. The van der Waals surface area contributed by atoms with E-state index in [0.29, 0.717) is 23.7 Å². The van der Waals surface area contributed by atoms with Gasteiger partial charge in [0.2, 0.25) is 12.7 Å². The Kier molecular flexibility index (Phi) is 8.49. The first-order chi connectivity index (χ1) is 16.0. The van der Waals surface area contributed by atoms with E-state index in [1.54, 1.807) is 36.4 Å². The molecule has 2 aromatic rings. The lowest BCUT2D eigenvalue weighted by Gasteiger charge is -2.22. The molecule has 176 valence electrons. The summed E-state index contributed by atoms with van der Waals surface area (Å²) in [5.74, 6) is 0.464. The van der Waals surface area contributed by atoms with Crippen LogP contribution in [0.1, 0.15) is 19.3 Å². The molecule has 1 aromatic carbocycles. The van der Waals surface area contributed by atoms with Crippen molar-refractivity contribution >= 4 is 35.0 Å². The van der Waals surface area contributed by atoms with Gasteiger partial charge in [0.15, 0.2) is 11.6 Å². The van der Waals surface area contributed by atoms with Crippen LogP contribution >= 0.6 is 0 Å². The van der Waals surface area contributed by atoms with Gasteiger partial charge in [0.1, 0.15) is 17.2 Å². The van der Waals surface area contributed by atoms with Gasteiger partial charge in [-0.25, -0.2) is 9.78 Å². The van der Waals surface area contributed by atoms with E-state index in [2.05, 4.69) is 20.5 Å². The highest BCUT2D eigenvalue weighted by molar-refractivity contribution is 5.90. The lowest BCUT2D eigenvalue weighted by atomic mass is 10.2. The average Bonchev–Trinajstić information content (AvgIpc) is 3.28. The number of aliphatic hydroxyl groups is 1. The van der Waals surface area contributed by atoms with Gasteiger partial charge in [-0.3, -0.25) is 4.79 Å². The van der Waals surface area contributed by atoms with Gasteiger partial charge >= 0.3 is 6.09 Å². The average molecular weight is 457 g/mol. The standard InChI is InChI=1S/C21H27N7O5/c22-10-9-19(30)24-18-8-7-16(20(23)25-18)27-26-15-5-1-2-6-17(15)32-13-33-21(31)28-11-3-4-14(28)12-29/h1-2,5-8,14,29H,3-4,9-13,22H2,(H3,23,24,25,30). The second-order valence-electron chi connectivity index (χ2n) is 7.20. The second-order valence-corrected chi connectivity index (χ2v) is 7.20. The first-order valence-electron chi connectivity index (χ1n) is 10.5. The number of benzene rings is 1. The number of carbonyl (C=O) groups is 2. The molecule has 12 heteroatoms. The summed E-state index contributed by atoms with van der Waals surface area (Å²) in [7, 11) is 0. The van der Waals surface area contributed by atoms with Gasteiger partial charge in [0.05, 0.1) is 12.6 Å². The minimum Gasteiger partial charge on any atom is -0.455 e. The number of nitrogens with zero attached hydrogens (tertiary/aromatic N) is 4. The fourth-order valence-electron chi connectivity index (χ4n) is 3.22. The third kappa shape index (κ3) is 6.60. The number of amides is 2. The van der Waals surface area contributed by atoms with Crippen LogP contribution in [0.25, 0.3) is 0 Å². The molecule has 0 radical (unpaired) electrons. The predicted octanol–water partition coefficient (Wildman–Crippen LogP) is 2.30. The van der Waals surface area contributed by atoms with Gasteiger partial charge in [0, 0.05) is 19.5 Å². The minimum absolute atomic E-state index is 0.0840. The van der Waals surface area contributed by atoms with E-state index < -0.39 is 6.09 Å². The van der Waals surface area contributed by atoms with Crippen LogP contribution in [0, 0.1) is 0 Å². The maximum atomic E-state index is 12.2. The Hall–Kier alpha value is -3.77. The predicted molar refractivity (Wildman–Crippen MR) is 120 cm³/mol. The molecule has 1 unspecified atom stereocenters. The van der Waals surface area contributed by atoms with E-state index in [4.69, 9.17) is 20.9 Å². The van der Waals surface area contributed by atoms with E-state index in [1.807, 2.05) is 0 Å². The fourth-order valence-corrected chi connectivity index (χ4v) is 3.22. The topological polar surface area (TPSA) is 178 Å². The molecule has 33 heavy (non-hydrogen) atoms. The molecule has 1 aliphatic heterocycles. The van der Waals surface area contributed by atoms with Crippen LogP contribution in [0.3, 0.4) is 0 Å². The van der Waals surface area contributed by atoms with Crippen molar-refractivity contribution in [3.63, 3.8) is 0 Å². The normalized spacial score (nSPS) is 15.6. The molecule has 0 bridgehead atoms. The van der Waals surface area contributed by atoms with Crippen molar-refractivity contribution in [2.75, 3.05) is 37.5 Å². The molecule has 2 heterocycles. The molecule has 3 rings (SSSR count). The van der Waals surface area contributed by atoms with Crippen LogP contribution in [0.2, 0.25) is 0 Å². The largest absolute Gasteiger partial charge is 0.455 e. The smallest absolute Gasteiger partial charge is 0.412 e. The number of aliphatic hydroxyl groups excluding tert-OH is 1. The minimum atomic E-state index is -0.539. The first kappa shape index (κ1) is 23.9. The highest BCUT2D eigenvalue weighted by atomic mass is 16.7. The number of pyridine rings is 1. The van der Waals surface area contributed by atoms with Crippen molar-refractivity contribution in [3.8, 4) is 5.75 Å². The fraction of sp³-hybridized carbons (Fsp3) is 0.381. The zero-order valence-electron chi connectivity index (χ0n) is 18.0. The highest BCUT2D eigenvalue weighted by Gasteiger charge is 2.29. The summed E-state index contributed by atoms with van der Waals surface area (Å²) < 4.78 is 10.7. The van der Waals surface area contributed by atoms with Gasteiger partial charge in [-0.2, -0.15) is 0 Å². The quantitative estimate of drug-likeness (QED) is 0.327. The summed E-state index contributed by atoms with van der Waals surface area (Å²) in [6.45, 7) is 0.356. The van der Waals surface area contributed by atoms with E-state index in [9.17, 15) is 14.7 Å². The van der Waals surface area contributed by atoms with Crippen LogP contribution in [-0.4, -0.2) is 59.5 Å². The Labute approximate surface area is 190 Å². The van der Waals surface area contributed by atoms with Crippen LogP contribution in [0.15, 0.2) is 46.6 Å². The number of likely N-dealkylation sites (tertiary alicyclic amines) is 1. The third-order valence-corrected chi connectivity index (χ3v) is 4.89. The van der Waals surface area contributed by atoms with Crippen molar-refractivity contribution < 1.29 is 24.2 Å². The molecule has 0 aliphatic carbocycles. The number of aromatic nitrogens is 1. The lowest BCUT2D eigenvalue weighted by molar-refractivity contribution is -0.116. The summed E-state index contributed by atoms with van der Waals surface area (Å²) in [4.78, 5) is 29.4. The molecule has 12 nitrogen and oxygen atoms in total. The SMILES string of the molecule is NCCC(=O)Nc1ccc(N=Nc2ccccc2OCOC(=O)N2CCCC2CO)c(N)n1. The number of para-hydroxylation sites is 1. The number of nitrogens with two attached hydrogens (primary N) is 2. The molecule has 1 aromatic heterocycles. The number of hydrogen-bond acceptors (Lipinski definition) is 10. The molecule has 1 fully saturated rings. The number of anilines is 2. The zero-order chi connectivity index (χ0) is 23.6. The van der Waals surface area contributed by atoms with E-state index >= 15 is 0 Å². The maximum absolute atomic E-state index is 12.2. The Morgan fingerprint density at radius 2 is 2.00 bits per heavy atom. The van der Waals surface area contributed by atoms with E-state index in [1.165, 1.54) is 4.90 Å². The Morgan fingerprint density at radius 1 is 1.21 bits per heavy atom. The van der Waals surface area contributed by atoms with Crippen molar-refractivity contribution in [1.29, 1.82) is 0 Å². The van der Waals surface area contributed by atoms with Crippen molar-refractivity contribution in [2.24, 2.45) is 16.0 Å². The number of azo groups is 1. The number of nitrogens with one attached hydrogen (secondary N) is 1. The van der Waals surface area contributed by atoms with Crippen LogP contribution < -0.4 is 21.5 Å².